The van der Waals surface area contributed by atoms with Crippen LogP contribution in [0.4, 0.5) is 5.82 Å². The molecule has 0 saturated carbocycles. The second-order valence-corrected chi connectivity index (χ2v) is 6.55. The summed E-state index contributed by atoms with van der Waals surface area (Å²) in [5.74, 6) is -0.378. The molecule has 2 heterocycles. The van der Waals surface area contributed by atoms with Crippen LogP contribution in [0.5, 0.6) is 0 Å². The highest BCUT2D eigenvalue weighted by Gasteiger charge is 2.25. The van der Waals surface area contributed by atoms with Crippen LogP contribution in [0.25, 0.3) is 0 Å². The van der Waals surface area contributed by atoms with Crippen LogP contribution in [0, 0.1) is 0 Å². The van der Waals surface area contributed by atoms with E-state index in [4.69, 9.17) is 0 Å². The number of hydrogen-bond donors (Lipinski definition) is 0. The van der Waals surface area contributed by atoms with E-state index in [0.717, 1.165) is 15.6 Å². The molecule has 20 heavy (non-hydrogen) atoms. The molecular formula is C11H11N3O4S2. The van der Waals surface area contributed by atoms with Gasteiger partial charge in [-0.2, -0.15) is 0 Å². The van der Waals surface area contributed by atoms with E-state index < -0.39 is 16.0 Å². The SMILES string of the molecule is COC(=O)c1cc(S(=O)(=O)N(C)c2cnccn2)cs1. The molecule has 0 aliphatic carbocycles. The van der Waals surface area contributed by atoms with Gasteiger partial charge in [0.2, 0.25) is 0 Å². The molecule has 7 nitrogen and oxygen atoms in total. The fourth-order valence-corrected chi connectivity index (χ4v) is 3.71. The van der Waals surface area contributed by atoms with Gasteiger partial charge in [-0.05, 0) is 6.07 Å². The zero-order valence-electron chi connectivity index (χ0n) is 10.7. The van der Waals surface area contributed by atoms with Crippen LogP contribution in [0.2, 0.25) is 0 Å². The molecule has 0 spiro atoms. The Kier molecular flexibility index (Phi) is 4.00. The van der Waals surface area contributed by atoms with Gasteiger partial charge in [-0.15, -0.1) is 11.3 Å². The summed E-state index contributed by atoms with van der Waals surface area (Å²) >= 11 is 1.01. The van der Waals surface area contributed by atoms with E-state index in [1.165, 1.54) is 44.2 Å². The van der Waals surface area contributed by atoms with E-state index >= 15 is 0 Å². The number of anilines is 1. The van der Waals surface area contributed by atoms with Gasteiger partial charge in [-0.25, -0.2) is 18.2 Å². The van der Waals surface area contributed by atoms with Crippen molar-refractivity contribution in [3.63, 3.8) is 0 Å². The molecule has 0 saturated heterocycles. The highest BCUT2D eigenvalue weighted by molar-refractivity contribution is 7.93. The smallest absolute Gasteiger partial charge is 0.348 e. The largest absolute Gasteiger partial charge is 0.465 e. The third kappa shape index (κ3) is 2.63. The third-order valence-corrected chi connectivity index (χ3v) is 5.29. The van der Waals surface area contributed by atoms with Crippen LogP contribution in [0.1, 0.15) is 9.67 Å². The standard InChI is InChI=1S/C11H11N3O4S2/c1-14(10-6-12-3-4-13-10)20(16,17)8-5-9(19-7-8)11(15)18-2/h3-7H,1-2H3. The van der Waals surface area contributed by atoms with Crippen LogP contribution in [0.15, 0.2) is 34.9 Å². The van der Waals surface area contributed by atoms with Crippen molar-refractivity contribution in [1.29, 1.82) is 0 Å². The molecule has 0 radical (unpaired) electrons. The number of carbonyl (C=O) groups excluding carboxylic acids is 1. The zero-order valence-corrected chi connectivity index (χ0v) is 12.3. The Bertz CT molecular complexity index is 712. The van der Waals surface area contributed by atoms with E-state index in [9.17, 15) is 13.2 Å². The lowest BCUT2D eigenvalue weighted by atomic mass is 10.5. The molecule has 0 amide bonds. The molecule has 0 N–H and O–H groups in total. The molecule has 0 atom stereocenters. The lowest BCUT2D eigenvalue weighted by Crippen LogP contribution is -2.27. The van der Waals surface area contributed by atoms with Crippen LogP contribution in [-0.4, -0.2) is 38.5 Å². The topological polar surface area (TPSA) is 89.5 Å². The number of esters is 1. The predicted molar refractivity (Wildman–Crippen MR) is 73.3 cm³/mol. The number of rotatable bonds is 4. The Hall–Kier alpha value is -2.00. The maximum absolute atomic E-state index is 12.4. The van der Waals surface area contributed by atoms with Crippen molar-refractivity contribution in [2.75, 3.05) is 18.5 Å². The molecule has 9 heteroatoms. The normalized spacial score (nSPS) is 11.1. The zero-order chi connectivity index (χ0) is 14.8. The Morgan fingerprint density at radius 2 is 2.15 bits per heavy atom. The predicted octanol–water partition coefficient (Wildman–Crippen LogP) is 1.15. The fourth-order valence-electron chi connectivity index (χ4n) is 1.40. The molecule has 2 aromatic rings. The first-order valence-corrected chi connectivity index (χ1v) is 7.70. The van der Waals surface area contributed by atoms with Crippen LogP contribution < -0.4 is 4.31 Å². The van der Waals surface area contributed by atoms with Gasteiger partial charge in [0.25, 0.3) is 10.0 Å². The first-order valence-electron chi connectivity index (χ1n) is 5.38. The lowest BCUT2D eigenvalue weighted by molar-refractivity contribution is 0.0606. The van der Waals surface area contributed by atoms with Crippen molar-refractivity contribution in [3.8, 4) is 0 Å². The lowest BCUT2D eigenvalue weighted by Gasteiger charge is -2.16. The molecule has 0 aliphatic rings. The molecule has 0 fully saturated rings. The second kappa shape index (κ2) is 5.55. The van der Waals surface area contributed by atoms with Crippen LogP contribution in [-0.2, 0) is 14.8 Å². The van der Waals surface area contributed by atoms with Gasteiger partial charge >= 0.3 is 5.97 Å². The Labute approximate surface area is 119 Å². The third-order valence-electron chi connectivity index (χ3n) is 2.49. The maximum atomic E-state index is 12.4. The minimum absolute atomic E-state index is 0.0102. The van der Waals surface area contributed by atoms with Gasteiger partial charge in [0.05, 0.1) is 18.2 Å². The number of ether oxygens (including phenoxy) is 1. The van der Waals surface area contributed by atoms with E-state index in [-0.39, 0.29) is 15.6 Å². The average Bonchev–Trinajstić information content (AvgIpc) is 2.97. The van der Waals surface area contributed by atoms with Crippen LogP contribution >= 0.6 is 11.3 Å². The molecule has 2 aromatic heterocycles. The summed E-state index contributed by atoms with van der Waals surface area (Å²) < 4.78 is 30.3. The highest BCUT2D eigenvalue weighted by Crippen LogP contribution is 2.24. The summed E-state index contributed by atoms with van der Waals surface area (Å²) in [6.45, 7) is 0. The number of hydrogen-bond acceptors (Lipinski definition) is 7. The first kappa shape index (κ1) is 14.4. The van der Waals surface area contributed by atoms with Crippen molar-refractivity contribution in [3.05, 3.63) is 34.9 Å². The monoisotopic (exact) mass is 313 g/mol. The summed E-state index contributed by atoms with van der Waals surface area (Å²) in [7, 11) is -1.17. The molecule has 0 unspecified atom stereocenters. The van der Waals surface area contributed by atoms with E-state index in [1.54, 1.807) is 0 Å². The van der Waals surface area contributed by atoms with Gasteiger partial charge in [0.15, 0.2) is 5.82 Å². The summed E-state index contributed by atoms with van der Waals surface area (Å²) in [6.07, 6.45) is 4.18. The Morgan fingerprint density at radius 3 is 2.75 bits per heavy atom. The molecule has 2 rings (SSSR count). The van der Waals surface area contributed by atoms with Crippen molar-refractivity contribution in [1.82, 2.24) is 9.97 Å². The molecule has 106 valence electrons. The van der Waals surface area contributed by atoms with Gasteiger partial charge in [-0.1, -0.05) is 0 Å². The van der Waals surface area contributed by atoms with E-state index in [0.29, 0.717) is 0 Å². The van der Waals surface area contributed by atoms with E-state index in [2.05, 4.69) is 14.7 Å². The fraction of sp³-hybridized carbons (Fsp3) is 0.182. The van der Waals surface area contributed by atoms with Crippen molar-refractivity contribution in [2.24, 2.45) is 0 Å². The quantitative estimate of drug-likeness (QED) is 0.787. The van der Waals surface area contributed by atoms with Gasteiger partial charge in [-0.3, -0.25) is 9.29 Å². The number of carbonyl (C=O) groups is 1. The Balaban J connectivity index is 2.36. The van der Waals surface area contributed by atoms with Crippen LogP contribution in [0.3, 0.4) is 0 Å². The number of nitrogens with zero attached hydrogens (tertiary/aromatic N) is 3. The maximum Gasteiger partial charge on any atom is 0.348 e. The van der Waals surface area contributed by atoms with Gasteiger partial charge in [0, 0.05) is 24.8 Å². The Morgan fingerprint density at radius 1 is 1.40 bits per heavy atom. The van der Waals surface area contributed by atoms with Crippen molar-refractivity contribution < 1.29 is 17.9 Å². The van der Waals surface area contributed by atoms with Crippen molar-refractivity contribution >= 4 is 33.1 Å². The second-order valence-electron chi connectivity index (χ2n) is 3.67. The number of aromatic nitrogens is 2. The number of thiophene rings is 1. The van der Waals surface area contributed by atoms with Gasteiger partial charge < -0.3 is 4.74 Å². The molecule has 0 bridgehead atoms. The average molecular weight is 313 g/mol. The number of methoxy groups -OCH3 is 1. The van der Waals surface area contributed by atoms with E-state index in [1.807, 2.05) is 0 Å². The summed E-state index contributed by atoms with van der Waals surface area (Å²) in [5.41, 5.74) is 0. The molecule has 0 aromatic carbocycles. The number of sulfonamides is 1. The first-order chi connectivity index (χ1) is 9.46. The summed E-state index contributed by atoms with van der Waals surface area (Å²) in [6, 6.07) is 1.28. The summed E-state index contributed by atoms with van der Waals surface area (Å²) in [5, 5.41) is 1.38. The minimum Gasteiger partial charge on any atom is -0.465 e. The van der Waals surface area contributed by atoms with Gasteiger partial charge in [0.1, 0.15) is 4.88 Å². The highest BCUT2D eigenvalue weighted by atomic mass is 32.2. The summed E-state index contributed by atoms with van der Waals surface area (Å²) in [4.78, 5) is 19.3. The van der Waals surface area contributed by atoms with Crippen molar-refractivity contribution in [2.45, 2.75) is 4.90 Å². The minimum atomic E-state index is -3.78. The molecular weight excluding hydrogens is 302 g/mol. The molecule has 0 aliphatic heterocycles.